The van der Waals surface area contributed by atoms with Gasteiger partial charge in [-0.25, -0.2) is 4.79 Å². The van der Waals surface area contributed by atoms with Crippen LogP contribution in [0.2, 0.25) is 0 Å². The molecule has 1 unspecified atom stereocenters. The Morgan fingerprint density at radius 2 is 1.79 bits per heavy atom. The molecule has 33 heavy (non-hydrogen) atoms. The SMILES string of the molecule is Cc1coc(N(C2CCOCC2)S(=O)(=O)[NH+]([O-])C(=O)Nc2c3c(cc4c2CCC4)CCC3)n1. The Hall–Kier alpha value is -2.47. The number of urea groups is 1. The van der Waals surface area contributed by atoms with Gasteiger partial charge in [-0.2, -0.15) is 22.2 Å². The number of ether oxygens (including phenoxy) is 1. The molecule has 1 aliphatic heterocycles. The van der Waals surface area contributed by atoms with Gasteiger partial charge >= 0.3 is 22.3 Å². The van der Waals surface area contributed by atoms with Crippen LogP contribution in [0, 0.1) is 12.1 Å². The molecule has 0 spiro atoms. The number of rotatable bonds is 5. The zero-order valence-electron chi connectivity index (χ0n) is 18.6. The van der Waals surface area contributed by atoms with Crippen molar-refractivity contribution >= 4 is 27.9 Å². The van der Waals surface area contributed by atoms with Gasteiger partial charge in [0.1, 0.15) is 6.26 Å². The van der Waals surface area contributed by atoms with Crippen molar-refractivity contribution in [3.8, 4) is 0 Å². The molecule has 10 nitrogen and oxygen atoms in total. The van der Waals surface area contributed by atoms with Crippen LogP contribution in [0.15, 0.2) is 16.7 Å². The zero-order chi connectivity index (χ0) is 23.2. The van der Waals surface area contributed by atoms with Crippen LogP contribution in [0.4, 0.5) is 16.5 Å². The molecule has 1 aromatic heterocycles. The summed E-state index contributed by atoms with van der Waals surface area (Å²) in [6, 6.07) is 0.270. The predicted octanol–water partition coefficient (Wildman–Crippen LogP) is 1.81. The molecule has 178 valence electrons. The van der Waals surface area contributed by atoms with E-state index in [0.717, 1.165) is 54.0 Å². The van der Waals surface area contributed by atoms with Crippen LogP contribution in [0.5, 0.6) is 0 Å². The van der Waals surface area contributed by atoms with E-state index in [2.05, 4.69) is 16.4 Å². The number of anilines is 2. The number of hydrogen-bond donors (Lipinski definition) is 2. The second-order valence-electron chi connectivity index (χ2n) is 8.89. The molecule has 1 atom stereocenters. The number of carbonyl (C=O) groups excluding carboxylic acids is 1. The van der Waals surface area contributed by atoms with Gasteiger partial charge in [0.05, 0.1) is 17.4 Å². The lowest BCUT2D eigenvalue weighted by Gasteiger charge is -2.33. The first-order chi connectivity index (χ1) is 15.9. The maximum absolute atomic E-state index is 13.4. The van der Waals surface area contributed by atoms with E-state index >= 15 is 0 Å². The van der Waals surface area contributed by atoms with Crippen molar-refractivity contribution < 1.29 is 26.8 Å². The Morgan fingerprint density at radius 3 is 2.36 bits per heavy atom. The van der Waals surface area contributed by atoms with Gasteiger partial charge in [0.25, 0.3) is 0 Å². The molecule has 2 aromatic rings. The number of benzene rings is 1. The molecule has 0 saturated carbocycles. The van der Waals surface area contributed by atoms with E-state index in [1.54, 1.807) is 6.92 Å². The monoisotopic (exact) mass is 476 g/mol. The summed E-state index contributed by atoms with van der Waals surface area (Å²) >= 11 is 0. The number of oxazole rings is 1. The van der Waals surface area contributed by atoms with E-state index in [1.165, 1.54) is 17.4 Å². The number of aromatic nitrogens is 1. The van der Waals surface area contributed by atoms with Gasteiger partial charge in [0, 0.05) is 13.2 Å². The first-order valence-electron chi connectivity index (χ1n) is 11.4. The molecule has 2 amide bonds. The third kappa shape index (κ3) is 4.03. The van der Waals surface area contributed by atoms with Crippen LogP contribution in [0.25, 0.3) is 0 Å². The lowest BCUT2D eigenvalue weighted by atomic mass is 9.99. The second kappa shape index (κ2) is 8.71. The summed E-state index contributed by atoms with van der Waals surface area (Å²) in [5, 5.41) is 15.8. The van der Waals surface area contributed by atoms with Crippen molar-refractivity contribution in [2.24, 2.45) is 0 Å². The largest absolute Gasteiger partial charge is 0.608 e. The fourth-order valence-corrected chi connectivity index (χ4v) is 6.51. The highest BCUT2D eigenvalue weighted by Crippen LogP contribution is 2.38. The van der Waals surface area contributed by atoms with Crippen LogP contribution in [-0.4, -0.2) is 38.7 Å². The Morgan fingerprint density at radius 1 is 1.15 bits per heavy atom. The minimum Gasteiger partial charge on any atom is -0.608 e. The minimum atomic E-state index is -4.72. The third-order valence-electron chi connectivity index (χ3n) is 6.71. The molecular formula is C22H28N4O6S. The molecule has 2 aliphatic carbocycles. The lowest BCUT2D eigenvalue weighted by molar-refractivity contribution is -0.604. The van der Waals surface area contributed by atoms with Gasteiger partial charge in [-0.3, -0.25) is 5.32 Å². The van der Waals surface area contributed by atoms with Gasteiger partial charge < -0.3 is 14.4 Å². The lowest BCUT2D eigenvalue weighted by Crippen LogP contribution is -3.14. The topological polar surface area (TPSA) is 129 Å². The first kappa shape index (κ1) is 22.3. The summed E-state index contributed by atoms with van der Waals surface area (Å²) in [7, 11) is -4.72. The number of amides is 2. The van der Waals surface area contributed by atoms with Crippen LogP contribution >= 0.6 is 0 Å². The predicted molar refractivity (Wildman–Crippen MR) is 120 cm³/mol. The Bertz CT molecular complexity index is 1140. The average Bonchev–Trinajstić information content (AvgIpc) is 3.55. The zero-order valence-corrected chi connectivity index (χ0v) is 19.4. The second-order valence-corrected chi connectivity index (χ2v) is 10.6. The Balaban J connectivity index is 1.45. The van der Waals surface area contributed by atoms with E-state index in [9.17, 15) is 18.4 Å². The van der Waals surface area contributed by atoms with Crippen molar-refractivity contribution in [2.45, 2.75) is 64.3 Å². The summed E-state index contributed by atoms with van der Waals surface area (Å²) in [5.74, 6) is 0. The van der Waals surface area contributed by atoms with Crippen LogP contribution in [0.3, 0.4) is 0 Å². The number of quaternary nitrogens is 1. The number of hydrogen-bond acceptors (Lipinski definition) is 7. The fourth-order valence-electron chi connectivity index (χ4n) is 5.16. The summed E-state index contributed by atoms with van der Waals surface area (Å²) in [6.45, 7) is 2.35. The molecule has 1 aromatic carbocycles. The molecule has 11 heteroatoms. The number of fused-ring (bicyclic) bond motifs is 2. The quantitative estimate of drug-likeness (QED) is 0.630. The van der Waals surface area contributed by atoms with Gasteiger partial charge in [-0.1, -0.05) is 6.07 Å². The molecule has 1 saturated heterocycles. The van der Waals surface area contributed by atoms with E-state index < -0.39 is 26.8 Å². The van der Waals surface area contributed by atoms with E-state index in [-0.39, 0.29) is 6.01 Å². The number of nitrogens with zero attached hydrogens (tertiary/aromatic N) is 2. The number of hydroxylamine groups is 1. The van der Waals surface area contributed by atoms with Crippen LogP contribution in [-0.2, 0) is 40.6 Å². The Labute approximate surface area is 192 Å². The van der Waals surface area contributed by atoms with E-state index in [0.29, 0.717) is 37.4 Å². The van der Waals surface area contributed by atoms with Gasteiger partial charge in [0.2, 0.25) is 0 Å². The molecule has 0 radical (unpaired) electrons. The maximum Gasteiger partial charge on any atom is 0.436 e. The van der Waals surface area contributed by atoms with E-state index in [1.807, 2.05) is 0 Å². The smallest absolute Gasteiger partial charge is 0.436 e. The fraction of sp³-hybridized carbons (Fsp3) is 0.545. The van der Waals surface area contributed by atoms with E-state index in [4.69, 9.17) is 9.15 Å². The highest BCUT2D eigenvalue weighted by molar-refractivity contribution is 7.86. The molecular weight excluding hydrogens is 448 g/mol. The van der Waals surface area contributed by atoms with Crippen molar-refractivity contribution in [1.82, 2.24) is 4.98 Å². The highest BCUT2D eigenvalue weighted by Gasteiger charge is 2.42. The molecule has 1 fully saturated rings. The molecule has 3 aliphatic rings. The van der Waals surface area contributed by atoms with Crippen LogP contribution < -0.4 is 14.1 Å². The van der Waals surface area contributed by atoms with Crippen molar-refractivity contribution in [3.63, 3.8) is 0 Å². The maximum atomic E-state index is 13.4. The molecule has 2 N–H and O–H groups in total. The summed E-state index contributed by atoms with van der Waals surface area (Å²) in [4.78, 5) is 17.2. The summed E-state index contributed by atoms with van der Waals surface area (Å²) < 4.78 is 36.9. The van der Waals surface area contributed by atoms with Crippen molar-refractivity contribution in [1.29, 1.82) is 0 Å². The number of carbonyl (C=O) groups is 1. The average molecular weight is 477 g/mol. The van der Waals surface area contributed by atoms with Crippen molar-refractivity contribution in [3.05, 3.63) is 45.5 Å². The normalized spacial score (nSPS) is 19.2. The molecule has 5 rings (SSSR count). The standard InChI is InChI=1S/C22H28N4O6S/c1-14-13-32-22(23-14)25(17-8-10-31-11-9-17)33(29,30)26(28)21(27)24-20-18-6-2-4-15(18)12-16-5-3-7-19(16)20/h12-13,17,26H,2-11H2,1H3,(H,24,27). The van der Waals surface area contributed by atoms with Crippen molar-refractivity contribution in [2.75, 3.05) is 22.8 Å². The summed E-state index contributed by atoms with van der Waals surface area (Å²) in [6.07, 6.45) is 7.50. The van der Waals surface area contributed by atoms with Gasteiger partial charge in [-0.15, -0.1) is 0 Å². The van der Waals surface area contributed by atoms with Gasteiger partial charge in [0.15, 0.2) is 0 Å². The first-order valence-corrected chi connectivity index (χ1v) is 12.9. The minimum absolute atomic E-state index is 0.206. The molecule has 2 heterocycles. The third-order valence-corrected chi connectivity index (χ3v) is 8.33. The summed E-state index contributed by atoms with van der Waals surface area (Å²) in [5.41, 5.74) is 5.53. The van der Waals surface area contributed by atoms with Crippen LogP contribution in [0.1, 0.15) is 53.6 Å². The highest BCUT2D eigenvalue weighted by atomic mass is 32.2. The number of aryl methyl sites for hydroxylation is 3. The van der Waals surface area contributed by atoms with Gasteiger partial charge in [-0.05, 0) is 80.5 Å². The molecule has 0 bridgehead atoms. The number of nitrogens with one attached hydrogen (secondary N) is 2. The Kier molecular flexibility index (Phi) is 5.89.